The molecule has 0 N–H and O–H groups in total. The molecule has 1 aromatic carbocycles. The lowest BCUT2D eigenvalue weighted by Crippen LogP contribution is -2.17. The third-order valence-corrected chi connectivity index (χ3v) is 4.54. The van der Waals surface area contributed by atoms with Crippen LogP contribution < -0.4 is 0 Å². The van der Waals surface area contributed by atoms with Crippen molar-refractivity contribution in [2.75, 3.05) is 7.05 Å². The summed E-state index contributed by atoms with van der Waals surface area (Å²) in [5.74, 6) is -0.213. The van der Waals surface area contributed by atoms with Crippen LogP contribution in [0, 0.1) is 12.7 Å². The highest BCUT2D eigenvalue weighted by molar-refractivity contribution is 9.10. The van der Waals surface area contributed by atoms with Crippen molar-refractivity contribution in [1.29, 1.82) is 0 Å². The van der Waals surface area contributed by atoms with Gasteiger partial charge < -0.3 is 0 Å². The second-order valence-electron chi connectivity index (χ2n) is 4.25. The third-order valence-electron chi connectivity index (χ3n) is 2.73. The Kier molecular flexibility index (Phi) is 4.48. The van der Waals surface area contributed by atoms with Gasteiger partial charge >= 0.3 is 0 Å². The summed E-state index contributed by atoms with van der Waals surface area (Å²) < 4.78 is 14.0. The average molecular weight is 329 g/mol. The van der Waals surface area contributed by atoms with Crippen LogP contribution in [0.1, 0.15) is 16.1 Å². The maximum atomic E-state index is 13.4. The van der Waals surface area contributed by atoms with Gasteiger partial charge in [0.05, 0.1) is 15.7 Å². The van der Waals surface area contributed by atoms with E-state index in [9.17, 15) is 4.39 Å². The highest BCUT2D eigenvalue weighted by atomic mass is 79.9. The van der Waals surface area contributed by atoms with E-state index in [1.54, 1.807) is 17.4 Å². The van der Waals surface area contributed by atoms with E-state index < -0.39 is 0 Å². The van der Waals surface area contributed by atoms with Crippen LogP contribution in [0.25, 0.3) is 0 Å². The molecule has 0 fully saturated rings. The van der Waals surface area contributed by atoms with Gasteiger partial charge in [-0.15, -0.1) is 11.3 Å². The van der Waals surface area contributed by atoms with Crippen LogP contribution in [-0.4, -0.2) is 16.9 Å². The molecule has 0 bridgehead atoms. The monoisotopic (exact) mass is 328 g/mol. The average Bonchev–Trinajstić information content (AvgIpc) is 2.71. The van der Waals surface area contributed by atoms with Crippen molar-refractivity contribution in [3.8, 4) is 0 Å². The minimum atomic E-state index is -0.213. The van der Waals surface area contributed by atoms with Crippen LogP contribution in [0.2, 0.25) is 0 Å². The Labute approximate surface area is 119 Å². The topological polar surface area (TPSA) is 16.1 Å². The normalized spacial score (nSPS) is 11.2. The number of hydrogen-bond donors (Lipinski definition) is 0. The van der Waals surface area contributed by atoms with Gasteiger partial charge in [0.15, 0.2) is 0 Å². The molecule has 1 aromatic heterocycles. The van der Waals surface area contributed by atoms with E-state index in [-0.39, 0.29) is 5.82 Å². The van der Waals surface area contributed by atoms with Crippen LogP contribution in [0.3, 0.4) is 0 Å². The molecule has 2 aromatic rings. The van der Waals surface area contributed by atoms with Crippen LogP contribution in [0.15, 0.2) is 28.2 Å². The van der Waals surface area contributed by atoms with Gasteiger partial charge in [0, 0.05) is 18.0 Å². The van der Waals surface area contributed by atoms with E-state index in [0.717, 1.165) is 17.8 Å². The fraction of sp³-hybridized carbons (Fsp3) is 0.308. The molecular formula is C13H14BrFN2S. The Morgan fingerprint density at radius 1 is 1.39 bits per heavy atom. The molecule has 0 amide bonds. The first kappa shape index (κ1) is 13.6. The number of rotatable bonds is 4. The third kappa shape index (κ3) is 3.16. The Morgan fingerprint density at radius 3 is 2.83 bits per heavy atom. The fourth-order valence-electron chi connectivity index (χ4n) is 1.74. The van der Waals surface area contributed by atoms with Crippen LogP contribution >= 0.6 is 27.3 Å². The first-order chi connectivity index (χ1) is 8.58. The van der Waals surface area contributed by atoms with Gasteiger partial charge in [-0.3, -0.25) is 4.90 Å². The van der Waals surface area contributed by atoms with E-state index in [4.69, 9.17) is 0 Å². The molecule has 0 unspecified atom stereocenters. The molecule has 0 aliphatic carbocycles. The summed E-state index contributed by atoms with van der Waals surface area (Å²) in [5, 5.41) is 0. The van der Waals surface area contributed by atoms with Gasteiger partial charge in [0.25, 0.3) is 0 Å². The zero-order valence-corrected chi connectivity index (χ0v) is 12.7. The molecule has 0 atom stereocenters. The minimum Gasteiger partial charge on any atom is -0.297 e. The van der Waals surface area contributed by atoms with Gasteiger partial charge in [-0.1, -0.05) is 12.1 Å². The SMILES string of the molecule is Cc1ncsc1CN(C)Cc1cccc(F)c1Br. The summed E-state index contributed by atoms with van der Waals surface area (Å²) >= 11 is 4.95. The standard InChI is InChI=1S/C13H14BrFN2S/c1-9-12(18-8-16-9)7-17(2)6-10-4-3-5-11(15)13(10)14/h3-5,8H,6-7H2,1-2H3. The van der Waals surface area contributed by atoms with Crippen molar-refractivity contribution >= 4 is 27.3 Å². The smallest absolute Gasteiger partial charge is 0.137 e. The van der Waals surface area contributed by atoms with Crippen LogP contribution in [-0.2, 0) is 13.1 Å². The highest BCUT2D eigenvalue weighted by Crippen LogP contribution is 2.22. The van der Waals surface area contributed by atoms with Crippen LogP contribution in [0.4, 0.5) is 4.39 Å². The molecule has 5 heteroatoms. The molecule has 0 spiro atoms. The zero-order chi connectivity index (χ0) is 13.1. The number of nitrogens with zero attached hydrogens (tertiary/aromatic N) is 2. The van der Waals surface area contributed by atoms with Gasteiger partial charge in [-0.05, 0) is 41.5 Å². The van der Waals surface area contributed by atoms with Crippen molar-refractivity contribution < 1.29 is 4.39 Å². The highest BCUT2D eigenvalue weighted by Gasteiger charge is 2.10. The van der Waals surface area contributed by atoms with Crippen molar-refractivity contribution in [3.05, 3.63) is 50.1 Å². The largest absolute Gasteiger partial charge is 0.297 e. The number of thiazole rings is 1. The van der Waals surface area contributed by atoms with Crippen molar-refractivity contribution in [3.63, 3.8) is 0 Å². The minimum absolute atomic E-state index is 0.213. The summed E-state index contributed by atoms with van der Waals surface area (Å²) in [4.78, 5) is 7.64. The Morgan fingerprint density at radius 2 is 2.17 bits per heavy atom. The summed E-state index contributed by atoms with van der Waals surface area (Å²) in [6, 6.07) is 5.13. The second-order valence-corrected chi connectivity index (χ2v) is 5.98. The van der Waals surface area contributed by atoms with Crippen molar-refractivity contribution in [2.45, 2.75) is 20.0 Å². The van der Waals surface area contributed by atoms with Gasteiger partial charge in [0.2, 0.25) is 0 Å². The molecule has 2 nitrogen and oxygen atoms in total. The molecular weight excluding hydrogens is 315 g/mol. The molecule has 1 heterocycles. The number of benzene rings is 1. The molecule has 0 aliphatic rings. The first-order valence-electron chi connectivity index (χ1n) is 5.58. The predicted molar refractivity (Wildman–Crippen MR) is 76.1 cm³/mol. The second kappa shape index (κ2) is 5.91. The molecule has 96 valence electrons. The number of halogens is 2. The van der Waals surface area contributed by atoms with E-state index in [0.29, 0.717) is 11.0 Å². The maximum absolute atomic E-state index is 13.4. The lowest BCUT2D eigenvalue weighted by Gasteiger charge is -2.17. The van der Waals surface area contributed by atoms with Gasteiger partial charge in [0.1, 0.15) is 5.82 Å². The number of hydrogen-bond acceptors (Lipinski definition) is 3. The molecule has 0 radical (unpaired) electrons. The number of aromatic nitrogens is 1. The van der Waals surface area contributed by atoms with E-state index in [1.807, 2.05) is 25.5 Å². The molecule has 0 saturated heterocycles. The summed E-state index contributed by atoms with van der Waals surface area (Å²) in [6.07, 6.45) is 0. The maximum Gasteiger partial charge on any atom is 0.137 e. The van der Waals surface area contributed by atoms with Crippen molar-refractivity contribution in [1.82, 2.24) is 9.88 Å². The summed E-state index contributed by atoms with van der Waals surface area (Å²) in [6.45, 7) is 3.55. The van der Waals surface area contributed by atoms with Gasteiger partial charge in [-0.2, -0.15) is 0 Å². The summed E-state index contributed by atoms with van der Waals surface area (Å²) in [5.41, 5.74) is 3.89. The van der Waals surface area contributed by atoms with Gasteiger partial charge in [-0.25, -0.2) is 9.37 Å². The predicted octanol–water partition coefficient (Wildman–Crippen LogP) is 3.99. The molecule has 2 rings (SSSR count). The number of aryl methyl sites for hydroxylation is 1. The van der Waals surface area contributed by atoms with E-state index in [1.165, 1.54) is 10.9 Å². The molecule has 18 heavy (non-hydrogen) atoms. The zero-order valence-electron chi connectivity index (χ0n) is 10.3. The van der Waals surface area contributed by atoms with E-state index >= 15 is 0 Å². The lowest BCUT2D eigenvalue weighted by molar-refractivity contribution is 0.320. The fourth-order valence-corrected chi connectivity index (χ4v) is 2.99. The first-order valence-corrected chi connectivity index (χ1v) is 7.25. The quantitative estimate of drug-likeness (QED) is 0.843. The Balaban J connectivity index is 2.05. The van der Waals surface area contributed by atoms with E-state index in [2.05, 4.69) is 25.8 Å². The Hall–Kier alpha value is -0.780. The molecule has 0 saturated carbocycles. The Bertz CT molecular complexity index is 542. The summed E-state index contributed by atoms with van der Waals surface area (Å²) in [7, 11) is 2.02. The molecule has 0 aliphatic heterocycles. The van der Waals surface area contributed by atoms with Crippen molar-refractivity contribution in [2.24, 2.45) is 0 Å². The lowest BCUT2D eigenvalue weighted by atomic mass is 10.2. The van der Waals surface area contributed by atoms with Crippen LogP contribution in [0.5, 0.6) is 0 Å².